The molecule has 4 heteroatoms. The van der Waals surface area contributed by atoms with Gasteiger partial charge in [-0.25, -0.2) is 9.97 Å². The van der Waals surface area contributed by atoms with Crippen LogP contribution in [0.15, 0.2) is 168 Å². The topological polar surface area (TPSA) is 43.3 Å². The van der Waals surface area contributed by atoms with Crippen LogP contribution in [0.3, 0.4) is 0 Å². The van der Waals surface area contributed by atoms with Crippen LogP contribution in [0.5, 0.6) is 0 Å². The van der Waals surface area contributed by atoms with Gasteiger partial charge in [0, 0.05) is 22.1 Å². The van der Waals surface area contributed by atoms with Gasteiger partial charge in [-0.2, -0.15) is 0 Å². The van der Waals surface area contributed by atoms with Gasteiger partial charge in [0.25, 0.3) is 0 Å². The highest BCUT2D eigenvalue weighted by Crippen LogP contribution is 2.41. The highest BCUT2D eigenvalue weighted by atomic mass is 16.3. The van der Waals surface area contributed by atoms with E-state index in [2.05, 4.69) is 120 Å². The Morgan fingerprint density at radius 3 is 1.65 bits per heavy atom. The maximum Gasteiger partial charge on any atom is 0.213 e. The van der Waals surface area contributed by atoms with E-state index in [1.807, 2.05) is 48.5 Å². The molecule has 0 saturated carbocycles. The minimum Gasteiger partial charge on any atom is -0.438 e. The van der Waals surface area contributed by atoms with Crippen molar-refractivity contribution in [3.05, 3.63) is 164 Å². The van der Waals surface area contributed by atoms with E-state index in [4.69, 9.17) is 14.4 Å². The summed E-state index contributed by atoms with van der Waals surface area (Å²) in [5.41, 5.74) is 13.2. The number of benzene rings is 6. The van der Waals surface area contributed by atoms with Crippen LogP contribution in [-0.2, 0) is 0 Å². The summed E-state index contributed by atoms with van der Waals surface area (Å²) in [6, 6.07) is 56.6. The fourth-order valence-electron chi connectivity index (χ4n) is 6.40. The van der Waals surface area contributed by atoms with E-state index in [1.54, 1.807) is 0 Å². The lowest BCUT2D eigenvalue weighted by atomic mass is 9.99. The van der Waals surface area contributed by atoms with Crippen molar-refractivity contribution in [1.29, 1.82) is 0 Å². The number of aromatic nitrogens is 3. The van der Waals surface area contributed by atoms with Gasteiger partial charge in [-0.3, -0.25) is 4.40 Å². The lowest BCUT2D eigenvalue weighted by molar-refractivity contribution is 0.658. The van der Waals surface area contributed by atoms with E-state index in [0.29, 0.717) is 5.82 Å². The van der Waals surface area contributed by atoms with Gasteiger partial charge in [-0.05, 0) is 41.0 Å². The van der Waals surface area contributed by atoms with Gasteiger partial charge in [-0.15, -0.1) is 0 Å². The average molecular weight is 590 g/mol. The number of oxazole rings is 1. The van der Waals surface area contributed by atoms with Crippen LogP contribution in [0.1, 0.15) is 0 Å². The monoisotopic (exact) mass is 589 g/mol. The smallest absolute Gasteiger partial charge is 0.213 e. The molecule has 0 saturated heterocycles. The molecule has 216 valence electrons. The lowest BCUT2D eigenvalue weighted by Gasteiger charge is -2.10. The molecule has 4 nitrogen and oxygen atoms in total. The Hall–Kier alpha value is -6.26. The van der Waals surface area contributed by atoms with Crippen molar-refractivity contribution in [1.82, 2.24) is 14.4 Å². The fourth-order valence-corrected chi connectivity index (χ4v) is 6.40. The van der Waals surface area contributed by atoms with E-state index in [1.165, 1.54) is 11.1 Å². The Kier molecular flexibility index (Phi) is 6.10. The second kappa shape index (κ2) is 10.7. The van der Waals surface area contributed by atoms with Gasteiger partial charge in [0.2, 0.25) is 5.71 Å². The number of rotatable bonds is 5. The zero-order valence-electron chi connectivity index (χ0n) is 24.8. The summed E-state index contributed by atoms with van der Waals surface area (Å²) in [6.07, 6.45) is 0. The number of para-hydroxylation sites is 2. The predicted octanol–water partition coefficient (Wildman–Crippen LogP) is 11.0. The van der Waals surface area contributed by atoms with Crippen molar-refractivity contribution >= 4 is 27.7 Å². The quantitative estimate of drug-likeness (QED) is 0.201. The Morgan fingerprint density at radius 1 is 0.413 bits per heavy atom. The Bertz CT molecular complexity index is 2440. The van der Waals surface area contributed by atoms with Crippen LogP contribution in [0.2, 0.25) is 0 Å². The molecular formula is C42H27N3O. The lowest BCUT2D eigenvalue weighted by Crippen LogP contribution is -1.95. The molecule has 9 rings (SSSR count). The van der Waals surface area contributed by atoms with E-state index in [-0.39, 0.29) is 0 Å². The van der Waals surface area contributed by atoms with Crippen LogP contribution in [0, 0.1) is 0 Å². The number of fused-ring (bicyclic) bond motifs is 5. The highest BCUT2D eigenvalue weighted by Gasteiger charge is 2.20. The van der Waals surface area contributed by atoms with Crippen LogP contribution in [0.4, 0.5) is 0 Å². The summed E-state index contributed by atoms with van der Waals surface area (Å²) in [4.78, 5) is 9.97. The maximum absolute atomic E-state index is 6.56. The van der Waals surface area contributed by atoms with Crippen LogP contribution in [0.25, 0.3) is 83.9 Å². The van der Waals surface area contributed by atoms with Crippen LogP contribution < -0.4 is 0 Å². The molecule has 0 aliphatic carbocycles. The van der Waals surface area contributed by atoms with E-state index in [9.17, 15) is 0 Å². The molecule has 0 spiro atoms. The van der Waals surface area contributed by atoms with Gasteiger partial charge in [0.1, 0.15) is 0 Å². The average Bonchev–Trinajstić information content (AvgIpc) is 3.67. The number of nitrogens with zero attached hydrogens (tertiary/aromatic N) is 3. The fraction of sp³-hybridized carbons (Fsp3) is 0. The van der Waals surface area contributed by atoms with Crippen molar-refractivity contribution in [3.8, 4) is 56.2 Å². The summed E-state index contributed by atoms with van der Waals surface area (Å²) < 4.78 is 8.81. The third-order valence-corrected chi connectivity index (χ3v) is 8.64. The molecule has 0 fully saturated rings. The zero-order valence-corrected chi connectivity index (χ0v) is 24.8. The van der Waals surface area contributed by atoms with E-state index in [0.717, 1.165) is 66.9 Å². The Balaban J connectivity index is 1.20. The van der Waals surface area contributed by atoms with E-state index >= 15 is 0 Å². The zero-order chi connectivity index (χ0) is 30.5. The summed E-state index contributed by atoms with van der Waals surface area (Å²) in [5.74, 6) is 0.706. The molecule has 9 aromatic rings. The molecule has 0 amide bonds. The first-order valence-electron chi connectivity index (χ1n) is 15.4. The standard InChI is InChI=1S/C42H27N3O/c1-4-12-28(13-5-1)33-24-25-34-38(26-33)45-37-18-10-11-19-39(37)46-42(45)40(34)31-22-20-30(21-23-31)36-27-35(29-14-6-2-7-15-29)43-41(44-36)32-16-8-3-9-17-32/h1-27H. The van der Waals surface area contributed by atoms with Gasteiger partial charge in [-0.1, -0.05) is 140 Å². The van der Waals surface area contributed by atoms with Crippen molar-refractivity contribution in [2.24, 2.45) is 0 Å². The molecule has 0 unspecified atom stereocenters. The first kappa shape index (κ1) is 26.2. The van der Waals surface area contributed by atoms with Crippen molar-refractivity contribution in [3.63, 3.8) is 0 Å². The molecule has 0 N–H and O–H groups in total. The molecule has 0 atom stereocenters. The number of hydrogen-bond donors (Lipinski definition) is 0. The molecule has 3 aromatic heterocycles. The third kappa shape index (κ3) is 4.39. The van der Waals surface area contributed by atoms with Crippen LogP contribution in [-0.4, -0.2) is 14.4 Å². The summed E-state index contributed by atoms with van der Waals surface area (Å²) in [6.45, 7) is 0. The molecular weight excluding hydrogens is 562 g/mol. The summed E-state index contributed by atoms with van der Waals surface area (Å²) >= 11 is 0. The SMILES string of the molecule is c1ccc(-c2ccc3c(-c4ccc(-c5cc(-c6ccccc6)nc(-c6ccccc6)n5)cc4)c4oc5ccccc5n4c3c2)cc1. The Morgan fingerprint density at radius 2 is 0.957 bits per heavy atom. The maximum atomic E-state index is 6.56. The summed E-state index contributed by atoms with van der Waals surface area (Å²) in [7, 11) is 0. The largest absolute Gasteiger partial charge is 0.438 e. The van der Waals surface area contributed by atoms with Crippen LogP contribution >= 0.6 is 0 Å². The first-order chi connectivity index (χ1) is 22.8. The van der Waals surface area contributed by atoms with Crippen molar-refractivity contribution in [2.45, 2.75) is 0 Å². The van der Waals surface area contributed by atoms with Crippen molar-refractivity contribution in [2.75, 3.05) is 0 Å². The molecule has 46 heavy (non-hydrogen) atoms. The molecule has 0 bridgehead atoms. The predicted molar refractivity (Wildman–Crippen MR) is 187 cm³/mol. The molecule has 6 aromatic carbocycles. The molecule has 0 radical (unpaired) electrons. The first-order valence-corrected chi connectivity index (χ1v) is 15.4. The minimum atomic E-state index is 0.706. The van der Waals surface area contributed by atoms with E-state index < -0.39 is 0 Å². The molecule has 0 aliphatic heterocycles. The highest BCUT2D eigenvalue weighted by molar-refractivity contribution is 6.08. The second-order valence-corrected chi connectivity index (χ2v) is 11.5. The van der Waals surface area contributed by atoms with Gasteiger partial charge < -0.3 is 4.42 Å². The molecule has 0 aliphatic rings. The normalized spacial score (nSPS) is 11.5. The van der Waals surface area contributed by atoms with Gasteiger partial charge in [0.15, 0.2) is 11.4 Å². The van der Waals surface area contributed by atoms with Crippen molar-refractivity contribution < 1.29 is 4.42 Å². The Labute approximate surface area is 265 Å². The van der Waals surface area contributed by atoms with Gasteiger partial charge >= 0.3 is 0 Å². The number of hydrogen-bond acceptors (Lipinski definition) is 3. The second-order valence-electron chi connectivity index (χ2n) is 11.5. The third-order valence-electron chi connectivity index (χ3n) is 8.64. The summed E-state index contributed by atoms with van der Waals surface area (Å²) in [5, 5.41) is 1.15. The minimum absolute atomic E-state index is 0.706. The molecule has 3 heterocycles. The van der Waals surface area contributed by atoms with Gasteiger partial charge in [0.05, 0.1) is 28.0 Å².